The number of hydrogen-bond donors (Lipinski definition) is 1. The minimum atomic E-state index is -1.19. The number of carboxylic acids is 1. The molecule has 26 heavy (non-hydrogen) atoms. The molecule has 2 heterocycles. The Morgan fingerprint density at radius 3 is 2.31 bits per heavy atom. The van der Waals surface area contributed by atoms with Crippen LogP contribution in [0.4, 0.5) is 10.1 Å². The Labute approximate surface area is 163 Å². The standard InChI is InChI=1S/C19H28BrFN2O3/c1-11-13(16(17(24)25)26-18(3,4)5)15(14(20)12(2)22-11)23-9-7-19(6,21)8-10-23/h16H,7-10H2,1-6H3,(H,24,25). The molecule has 0 radical (unpaired) electrons. The van der Waals surface area contributed by atoms with E-state index in [-0.39, 0.29) is 0 Å². The Hall–Kier alpha value is -1.21. The molecule has 1 atom stereocenters. The average molecular weight is 431 g/mol. The van der Waals surface area contributed by atoms with Gasteiger partial charge in [0.2, 0.25) is 0 Å². The van der Waals surface area contributed by atoms with Crippen LogP contribution in [-0.2, 0) is 9.53 Å². The predicted molar refractivity (Wildman–Crippen MR) is 104 cm³/mol. The first-order valence-electron chi connectivity index (χ1n) is 8.83. The number of aromatic nitrogens is 1. The largest absolute Gasteiger partial charge is 0.479 e. The van der Waals surface area contributed by atoms with E-state index in [2.05, 4.69) is 20.9 Å². The van der Waals surface area contributed by atoms with Crippen molar-refractivity contribution >= 4 is 27.6 Å². The van der Waals surface area contributed by atoms with Gasteiger partial charge in [0.15, 0.2) is 6.10 Å². The van der Waals surface area contributed by atoms with E-state index >= 15 is 0 Å². The summed E-state index contributed by atoms with van der Waals surface area (Å²) in [7, 11) is 0. The number of alkyl halides is 1. The summed E-state index contributed by atoms with van der Waals surface area (Å²) in [6, 6.07) is 0. The Balaban J connectivity index is 2.58. The number of hydrogen-bond acceptors (Lipinski definition) is 4. The zero-order valence-electron chi connectivity index (χ0n) is 16.3. The van der Waals surface area contributed by atoms with E-state index in [9.17, 15) is 14.3 Å². The maximum Gasteiger partial charge on any atom is 0.337 e. The number of carboxylic acid groups (broad SMARTS) is 1. The summed E-state index contributed by atoms with van der Waals surface area (Å²) in [5.74, 6) is -1.06. The predicted octanol–water partition coefficient (Wildman–Crippen LogP) is 4.73. The molecule has 1 N–H and O–H groups in total. The third-order valence-corrected chi connectivity index (χ3v) is 5.54. The van der Waals surface area contributed by atoms with Gasteiger partial charge in [0.1, 0.15) is 5.67 Å². The molecule has 1 unspecified atom stereocenters. The molecular formula is C19H28BrFN2O3. The van der Waals surface area contributed by atoms with Crippen molar-refractivity contribution in [2.75, 3.05) is 18.0 Å². The fourth-order valence-corrected chi connectivity index (χ4v) is 3.78. The first-order chi connectivity index (χ1) is 11.8. The van der Waals surface area contributed by atoms with Crippen molar-refractivity contribution in [1.82, 2.24) is 4.98 Å². The number of halogens is 2. The van der Waals surface area contributed by atoms with Crippen molar-refractivity contribution in [3.63, 3.8) is 0 Å². The molecule has 5 nitrogen and oxygen atoms in total. The lowest BCUT2D eigenvalue weighted by atomic mass is 9.94. The van der Waals surface area contributed by atoms with Gasteiger partial charge in [-0.25, -0.2) is 9.18 Å². The summed E-state index contributed by atoms with van der Waals surface area (Å²) in [5.41, 5.74) is 0.855. The molecule has 1 aliphatic heterocycles. The molecule has 0 spiro atoms. The lowest BCUT2D eigenvalue weighted by Crippen LogP contribution is -2.41. The average Bonchev–Trinajstić information content (AvgIpc) is 2.48. The smallest absolute Gasteiger partial charge is 0.337 e. The second-order valence-electron chi connectivity index (χ2n) is 8.21. The van der Waals surface area contributed by atoms with E-state index in [0.29, 0.717) is 37.2 Å². The number of aryl methyl sites for hydroxylation is 2. The zero-order valence-corrected chi connectivity index (χ0v) is 17.9. The van der Waals surface area contributed by atoms with Gasteiger partial charge in [-0.05, 0) is 70.3 Å². The minimum absolute atomic E-state index is 0.400. The van der Waals surface area contributed by atoms with Gasteiger partial charge < -0.3 is 14.7 Å². The summed E-state index contributed by atoms with van der Waals surface area (Å²) < 4.78 is 20.9. The first kappa shape index (κ1) is 21.1. The van der Waals surface area contributed by atoms with Gasteiger partial charge in [0.25, 0.3) is 0 Å². The van der Waals surface area contributed by atoms with Gasteiger partial charge in [0, 0.05) is 24.3 Å². The fraction of sp³-hybridized carbons (Fsp3) is 0.684. The monoisotopic (exact) mass is 430 g/mol. The van der Waals surface area contributed by atoms with Gasteiger partial charge >= 0.3 is 5.97 Å². The van der Waals surface area contributed by atoms with E-state index in [1.165, 1.54) is 0 Å². The third kappa shape index (κ3) is 4.74. The fourth-order valence-electron chi connectivity index (χ4n) is 3.23. The molecule has 1 saturated heterocycles. The highest BCUT2D eigenvalue weighted by molar-refractivity contribution is 9.10. The third-order valence-electron chi connectivity index (χ3n) is 4.59. The van der Waals surface area contributed by atoms with Crippen LogP contribution in [0.15, 0.2) is 4.47 Å². The molecule has 0 amide bonds. The van der Waals surface area contributed by atoms with Crippen LogP contribution in [0.3, 0.4) is 0 Å². The topological polar surface area (TPSA) is 62.7 Å². The molecule has 0 aromatic carbocycles. The maximum absolute atomic E-state index is 14.3. The van der Waals surface area contributed by atoms with Crippen molar-refractivity contribution in [2.45, 2.75) is 71.8 Å². The number of aliphatic carboxylic acids is 1. The minimum Gasteiger partial charge on any atom is -0.479 e. The Morgan fingerprint density at radius 2 is 1.85 bits per heavy atom. The Kier molecular flexibility index (Phi) is 6.03. The Morgan fingerprint density at radius 1 is 1.31 bits per heavy atom. The van der Waals surface area contributed by atoms with Crippen LogP contribution in [0.1, 0.15) is 63.6 Å². The van der Waals surface area contributed by atoms with Crippen molar-refractivity contribution < 1.29 is 19.0 Å². The van der Waals surface area contributed by atoms with Crippen LogP contribution in [0, 0.1) is 13.8 Å². The van der Waals surface area contributed by atoms with Crippen LogP contribution in [0.2, 0.25) is 0 Å². The van der Waals surface area contributed by atoms with Crippen molar-refractivity contribution in [3.8, 4) is 0 Å². The van der Waals surface area contributed by atoms with Gasteiger partial charge in [0.05, 0.1) is 21.5 Å². The normalized spacial score (nSPS) is 18.7. The highest BCUT2D eigenvalue weighted by atomic mass is 79.9. The van der Waals surface area contributed by atoms with Crippen LogP contribution in [-0.4, -0.2) is 40.4 Å². The Bertz CT molecular complexity index is 691. The van der Waals surface area contributed by atoms with Crippen LogP contribution >= 0.6 is 15.9 Å². The quantitative estimate of drug-likeness (QED) is 0.747. The second-order valence-corrected chi connectivity index (χ2v) is 9.00. The van der Waals surface area contributed by atoms with E-state index in [1.807, 2.05) is 32.6 Å². The number of rotatable bonds is 4. The molecule has 1 aromatic heterocycles. The van der Waals surface area contributed by atoms with E-state index in [4.69, 9.17) is 4.74 Å². The number of nitrogens with zero attached hydrogens (tertiary/aromatic N) is 2. The van der Waals surface area contributed by atoms with Crippen molar-refractivity contribution in [3.05, 3.63) is 21.4 Å². The first-order valence-corrected chi connectivity index (χ1v) is 9.63. The molecule has 1 aliphatic rings. The lowest BCUT2D eigenvalue weighted by molar-refractivity contribution is -0.160. The van der Waals surface area contributed by atoms with E-state index < -0.39 is 23.3 Å². The number of piperidine rings is 1. The highest BCUT2D eigenvalue weighted by Crippen LogP contribution is 2.42. The van der Waals surface area contributed by atoms with Crippen molar-refractivity contribution in [2.24, 2.45) is 0 Å². The molecular weight excluding hydrogens is 403 g/mol. The molecule has 146 valence electrons. The maximum atomic E-state index is 14.3. The lowest BCUT2D eigenvalue weighted by Gasteiger charge is -2.38. The highest BCUT2D eigenvalue weighted by Gasteiger charge is 2.36. The summed E-state index contributed by atoms with van der Waals surface area (Å²) >= 11 is 3.58. The molecule has 2 rings (SSSR count). The SMILES string of the molecule is Cc1nc(C)c(C(OC(C)(C)C)C(=O)O)c(N2CCC(C)(F)CC2)c1Br. The number of carbonyl (C=O) groups is 1. The summed E-state index contributed by atoms with van der Waals surface area (Å²) in [6.45, 7) is 11.8. The van der Waals surface area contributed by atoms with Crippen molar-refractivity contribution in [1.29, 1.82) is 0 Å². The zero-order chi connectivity index (χ0) is 19.9. The summed E-state index contributed by atoms with van der Waals surface area (Å²) in [4.78, 5) is 18.6. The van der Waals surface area contributed by atoms with E-state index in [1.54, 1.807) is 13.8 Å². The van der Waals surface area contributed by atoms with Crippen LogP contribution < -0.4 is 4.90 Å². The van der Waals surface area contributed by atoms with Crippen LogP contribution in [0.5, 0.6) is 0 Å². The molecule has 1 fully saturated rings. The molecule has 7 heteroatoms. The summed E-state index contributed by atoms with van der Waals surface area (Å²) in [6.07, 6.45) is -0.345. The molecule has 0 saturated carbocycles. The van der Waals surface area contributed by atoms with Gasteiger partial charge in [-0.1, -0.05) is 0 Å². The number of ether oxygens (including phenoxy) is 1. The number of pyridine rings is 1. The van der Waals surface area contributed by atoms with Gasteiger partial charge in [-0.15, -0.1) is 0 Å². The van der Waals surface area contributed by atoms with Crippen LogP contribution in [0.25, 0.3) is 0 Å². The van der Waals surface area contributed by atoms with E-state index in [0.717, 1.165) is 15.9 Å². The number of anilines is 1. The molecule has 0 aliphatic carbocycles. The van der Waals surface area contributed by atoms with Gasteiger partial charge in [-0.3, -0.25) is 4.98 Å². The second kappa shape index (κ2) is 7.43. The molecule has 0 bridgehead atoms. The van der Waals surface area contributed by atoms with Gasteiger partial charge in [-0.2, -0.15) is 0 Å². The summed E-state index contributed by atoms with van der Waals surface area (Å²) in [5, 5.41) is 9.83. The molecule has 1 aromatic rings.